The lowest BCUT2D eigenvalue weighted by molar-refractivity contribution is -0.125. The average Bonchev–Trinajstić information content (AvgIpc) is 3.30. The van der Waals surface area contributed by atoms with Gasteiger partial charge in [0.05, 0.1) is 5.54 Å². The quantitative estimate of drug-likeness (QED) is 0.645. The Kier molecular flexibility index (Phi) is 4.15. The number of Topliss-reactive ketones (excluding diaryl/α,β-unsaturated/α-hetero) is 1. The van der Waals surface area contributed by atoms with Crippen LogP contribution in [-0.4, -0.2) is 22.6 Å². The van der Waals surface area contributed by atoms with Crippen molar-refractivity contribution in [3.8, 4) is 0 Å². The van der Waals surface area contributed by atoms with Crippen LogP contribution in [0.3, 0.4) is 0 Å². The smallest absolute Gasteiger partial charge is 0.235 e. The van der Waals surface area contributed by atoms with Crippen LogP contribution in [0.5, 0.6) is 0 Å². The molecular formula is C18H22BrNO2. The van der Waals surface area contributed by atoms with Crippen LogP contribution in [0, 0.1) is 5.92 Å². The molecule has 2 aliphatic rings. The van der Waals surface area contributed by atoms with Crippen molar-refractivity contribution in [3.05, 3.63) is 34.9 Å². The van der Waals surface area contributed by atoms with E-state index in [0.717, 1.165) is 47.7 Å². The van der Waals surface area contributed by atoms with Crippen molar-refractivity contribution in [2.45, 2.75) is 51.0 Å². The largest absolute Gasteiger partial charge is 0.343 e. The molecule has 1 heterocycles. The zero-order valence-electron chi connectivity index (χ0n) is 13.1. The number of carbonyl (C=O) groups excluding carboxylic acids is 2. The molecule has 3 rings (SSSR count). The van der Waals surface area contributed by atoms with Crippen LogP contribution in [0.15, 0.2) is 18.2 Å². The van der Waals surface area contributed by atoms with Crippen molar-refractivity contribution in [2.75, 3.05) is 5.33 Å². The maximum absolute atomic E-state index is 13.0. The number of ketones is 1. The van der Waals surface area contributed by atoms with Crippen molar-refractivity contribution in [1.29, 1.82) is 0 Å². The van der Waals surface area contributed by atoms with E-state index >= 15 is 0 Å². The fraction of sp³-hybridized carbons (Fsp3) is 0.556. The monoisotopic (exact) mass is 363 g/mol. The van der Waals surface area contributed by atoms with E-state index in [0.29, 0.717) is 5.92 Å². The van der Waals surface area contributed by atoms with E-state index in [1.807, 2.05) is 25.1 Å². The first-order valence-corrected chi connectivity index (χ1v) is 9.18. The third-order valence-electron chi connectivity index (χ3n) is 5.13. The predicted molar refractivity (Wildman–Crippen MR) is 90.3 cm³/mol. The molecular weight excluding hydrogens is 342 g/mol. The van der Waals surface area contributed by atoms with Crippen molar-refractivity contribution in [2.24, 2.45) is 5.92 Å². The third-order valence-corrected chi connectivity index (χ3v) is 5.53. The van der Waals surface area contributed by atoms with Crippen LogP contribution in [0.4, 0.5) is 0 Å². The number of rotatable bonds is 5. The summed E-state index contributed by atoms with van der Waals surface area (Å²) in [6, 6.07) is 6.11. The van der Waals surface area contributed by atoms with Crippen LogP contribution >= 0.6 is 15.9 Å². The van der Waals surface area contributed by atoms with Crippen molar-refractivity contribution < 1.29 is 9.59 Å². The molecule has 0 spiro atoms. The predicted octanol–water partition coefficient (Wildman–Crippen LogP) is 3.14. The van der Waals surface area contributed by atoms with E-state index in [2.05, 4.69) is 28.2 Å². The topological polar surface area (TPSA) is 46.2 Å². The molecule has 4 heteroatoms. The van der Waals surface area contributed by atoms with E-state index in [4.69, 9.17) is 0 Å². The van der Waals surface area contributed by atoms with Gasteiger partial charge in [0.2, 0.25) is 5.91 Å². The number of carbonyl (C=O) groups is 2. The molecule has 3 nitrogen and oxygen atoms in total. The number of hydrogen-bond donors (Lipinski definition) is 1. The fourth-order valence-corrected chi connectivity index (χ4v) is 4.13. The van der Waals surface area contributed by atoms with Gasteiger partial charge in [0.15, 0.2) is 5.78 Å². The number of benzene rings is 1. The molecule has 2 fully saturated rings. The Morgan fingerprint density at radius 2 is 1.95 bits per heavy atom. The Morgan fingerprint density at radius 3 is 2.55 bits per heavy atom. The molecule has 1 aliphatic carbocycles. The van der Waals surface area contributed by atoms with Gasteiger partial charge in [0.25, 0.3) is 0 Å². The van der Waals surface area contributed by atoms with Gasteiger partial charge in [-0.05, 0) is 55.2 Å². The molecule has 0 bridgehead atoms. The first-order chi connectivity index (χ1) is 10.5. The van der Waals surface area contributed by atoms with Gasteiger partial charge in [-0.25, -0.2) is 0 Å². The highest BCUT2D eigenvalue weighted by atomic mass is 79.9. The van der Waals surface area contributed by atoms with Gasteiger partial charge in [0, 0.05) is 5.33 Å². The first kappa shape index (κ1) is 15.7. The van der Waals surface area contributed by atoms with Crippen molar-refractivity contribution in [3.63, 3.8) is 0 Å². The van der Waals surface area contributed by atoms with Gasteiger partial charge in [0.1, 0.15) is 5.92 Å². The van der Waals surface area contributed by atoms with E-state index < -0.39 is 11.5 Å². The van der Waals surface area contributed by atoms with E-state index in [9.17, 15) is 9.59 Å². The molecule has 0 aromatic heterocycles. The Bertz CT molecular complexity index is 624. The lowest BCUT2D eigenvalue weighted by Gasteiger charge is -2.22. The molecule has 1 saturated carbocycles. The van der Waals surface area contributed by atoms with E-state index in [1.54, 1.807) is 0 Å². The summed E-state index contributed by atoms with van der Waals surface area (Å²) in [5.74, 6) is -0.356. The fourth-order valence-electron chi connectivity index (χ4n) is 3.70. The minimum absolute atomic E-state index is 0.0664. The summed E-state index contributed by atoms with van der Waals surface area (Å²) in [4.78, 5) is 25.7. The molecule has 118 valence electrons. The Morgan fingerprint density at radius 1 is 1.27 bits per heavy atom. The van der Waals surface area contributed by atoms with Crippen LogP contribution in [0.2, 0.25) is 0 Å². The second-order valence-corrected chi connectivity index (χ2v) is 7.34. The van der Waals surface area contributed by atoms with Gasteiger partial charge in [-0.15, -0.1) is 0 Å². The van der Waals surface area contributed by atoms with Crippen molar-refractivity contribution >= 4 is 27.6 Å². The number of halogens is 1. The van der Waals surface area contributed by atoms with Crippen LogP contribution in [0.1, 0.15) is 49.3 Å². The summed E-state index contributed by atoms with van der Waals surface area (Å²) in [6.45, 7) is 3.98. The number of aryl methyl sites for hydroxylation is 2. The van der Waals surface area contributed by atoms with Gasteiger partial charge in [-0.1, -0.05) is 41.1 Å². The summed E-state index contributed by atoms with van der Waals surface area (Å²) in [5.41, 5.74) is 2.53. The highest BCUT2D eigenvalue weighted by Crippen LogP contribution is 2.46. The SMILES string of the molecule is CCc1cccc(CCBr)c1C1C(=O)NC(C)(C2CC2)C1=O. The Labute approximate surface area is 140 Å². The van der Waals surface area contributed by atoms with Gasteiger partial charge >= 0.3 is 0 Å². The zero-order valence-corrected chi connectivity index (χ0v) is 14.7. The highest BCUT2D eigenvalue weighted by Gasteiger charge is 2.57. The molecule has 2 atom stereocenters. The van der Waals surface area contributed by atoms with Crippen LogP contribution in [0.25, 0.3) is 0 Å². The van der Waals surface area contributed by atoms with Crippen molar-refractivity contribution in [1.82, 2.24) is 5.32 Å². The summed E-state index contributed by atoms with van der Waals surface area (Å²) in [5, 5.41) is 3.84. The van der Waals surface area contributed by atoms with Crippen LogP contribution < -0.4 is 5.32 Å². The first-order valence-electron chi connectivity index (χ1n) is 8.05. The molecule has 1 aliphatic heterocycles. The van der Waals surface area contributed by atoms with Gasteiger partial charge in [-0.3, -0.25) is 9.59 Å². The van der Waals surface area contributed by atoms with Gasteiger partial charge in [-0.2, -0.15) is 0 Å². The molecule has 1 aromatic rings. The third kappa shape index (κ3) is 2.41. The molecule has 1 aromatic carbocycles. The summed E-state index contributed by atoms with van der Waals surface area (Å²) in [7, 11) is 0. The summed E-state index contributed by atoms with van der Waals surface area (Å²) < 4.78 is 0. The summed E-state index contributed by atoms with van der Waals surface area (Å²) in [6.07, 6.45) is 3.75. The molecule has 1 amide bonds. The normalized spacial score (nSPS) is 28.0. The second kappa shape index (κ2) is 5.80. The molecule has 2 unspecified atom stereocenters. The Balaban J connectivity index is 2.06. The molecule has 0 radical (unpaired) electrons. The summed E-state index contributed by atoms with van der Waals surface area (Å²) >= 11 is 3.48. The average molecular weight is 364 g/mol. The maximum atomic E-state index is 13.0. The standard InChI is InChI=1S/C18H22BrNO2/c1-3-11-5-4-6-12(9-10-19)14(11)15-16(21)18(2,13-7-8-13)20-17(15)22/h4-6,13,15H,3,7-10H2,1-2H3,(H,20,22). The minimum atomic E-state index is -0.658. The zero-order chi connectivity index (χ0) is 15.9. The lowest BCUT2D eigenvalue weighted by Crippen LogP contribution is -2.45. The molecule has 1 N–H and O–H groups in total. The number of alkyl halides is 1. The highest BCUT2D eigenvalue weighted by molar-refractivity contribution is 9.09. The minimum Gasteiger partial charge on any atom is -0.343 e. The van der Waals surface area contributed by atoms with E-state index in [-0.39, 0.29) is 11.7 Å². The number of amides is 1. The molecule has 1 saturated heterocycles. The Hall–Kier alpha value is -1.16. The lowest BCUT2D eigenvalue weighted by atomic mass is 9.81. The van der Waals surface area contributed by atoms with Crippen LogP contribution in [-0.2, 0) is 22.4 Å². The van der Waals surface area contributed by atoms with Gasteiger partial charge < -0.3 is 5.32 Å². The second-order valence-electron chi connectivity index (χ2n) is 6.55. The number of hydrogen-bond acceptors (Lipinski definition) is 2. The molecule has 22 heavy (non-hydrogen) atoms. The van der Waals surface area contributed by atoms with E-state index in [1.165, 1.54) is 0 Å². The number of nitrogens with one attached hydrogen (secondary N) is 1. The maximum Gasteiger partial charge on any atom is 0.235 e.